The molecule has 0 amide bonds. The van der Waals surface area contributed by atoms with E-state index in [0.717, 1.165) is 21.1 Å². The molecular weight excluding hydrogens is 537 g/mol. The molecule has 0 saturated heterocycles. The number of carbonyl (C=O) groups is 1. The van der Waals surface area contributed by atoms with Gasteiger partial charge in [0.15, 0.2) is 0 Å². The number of ketones is 1. The van der Waals surface area contributed by atoms with Crippen molar-refractivity contribution in [1.82, 2.24) is 0 Å². The highest BCUT2D eigenvalue weighted by molar-refractivity contribution is 8.33. The first-order chi connectivity index (χ1) is 19.2. The van der Waals surface area contributed by atoms with Crippen LogP contribution in [-0.4, -0.2) is 20.0 Å². The Balaban J connectivity index is 1.47. The van der Waals surface area contributed by atoms with E-state index in [1.807, 2.05) is 60.7 Å². The SMILES string of the molecule is CC1(C)C2CCC1(CS(=O)(=O)OS(c1ccccc1)(c1ccccc1)c1ccc(C3CCCCC3)cc1)C(=O)C2. The molecule has 2 bridgehead atoms. The summed E-state index contributed by atoms with van der Waals surface area (Å²) in [6, 6.07) is 28.1. The zero-order chi connectivity index (χ0) is 28.0. The Kier molecular flexibility index (Phi) is 7.25. The summed E-state index contributed by atoms with van der Waals surface area (Å²) in [5.74, 6) is 0.604. The molecule has 0 radical (unpaired) electrons. The normalized spacial score (nSPS) is 25.2. The average Bonchev–Trinajstić information content (AvgIpc) is 3.32. The van der Waals surface area contributed by atoms with E-state index in [9.17, 15) is 13.2 Å². The lowest BCUT2D eigenvalue weighted by atomic mass is 9.70. The Bertz CT molecular complexity index is 1420. The van der Waals surface area contributed by atoms with Crippen LogP contribution < -0.4 is 0 Å². The highest BCUT2D eigenvalue weighted by Gasteiger charge is 2.65. The minimum absolute atomic E-state index is 0.0813. The topological polar surface area (TPSA) is 60.4 Å². The highest BCUT2D eigenvalue weighted by Crippen LogP contribution is 2.71. The van der Waals surface area contributed by atoms with Crippen molar-refractivity contribution in [1.29, 1.82) is 0 Å². The minimum Gasteiger partial charge on any atom is -0.299 e. The summed E-state index contributed by atoms with van der Waals surface area (Å²) in [5.41, 5.74) is 0.0643. The first kappa shape index (κ1) is 27.7. The first-order valence-electron chi connectivity index (χ1n) is 14.7. The number of benzene rings is 3. The summed E-state index contributed by atoms with van der Waals surface area (Å²) >= 11 is 0. The number of fused-ring (bicyclic) bond motifs is 2. The minimum atomic E-state index is -4.13. The molecule has 0 N–H and O–H groups in total. The van der Waals surface area contributed by atoms with Gasteiger partial charge in [0.25, 0.3) is 10.1 Å². The number of rotatable bonds is 8. The zero-order valence-electron chi connectivity index (χ0n) is 23.6. The average molecular weight is 577 g/mol. The number of hydrogen-bond donors (Lipinski definition) is 0. The molecule has 4 nitrogen and oxygen atoms in total. The van der Waals surface area contributed by atoms with Crippen molar-refractivity contribution in [2.24, 2.45) is 16.7 Å². The van der Waals surface area contributed by atoms with Crippen LogP contribution in [0.25, 0.3) is 0 Å². The largest absolute Gasteiger partial charge is 0.299 e. The molecule has 2 atom stereocenters. The third-order valence-corrected chi connectivity index (χ3v) is 15.5. The van der Waals surface area contributed by atoms with E-state index in [0.29, 0.717) is 18.8 Å². The Labute approximate surface area is 241 Å². The van der Waals surface area contributed by atoms with Crippen LogP contribution in [0.3, 0.4) is 0 Å². The van der Waals surface area contributed by atoms with Gasteiger partial charge in [-0.15, -0.1) is 0 Å². The van der Waals surface area contributed by atoms with Gasteiger partial charge < -0.3 is 0 Å². The number of Topliss-reactive ketones (excluding diaryl/α,β-unsaturated/α-hetero) is 1. The zero-order valence-corrected chi connectivity index (χ0v) is 25.2. The van der Waals surface area contributed by atoms with Crippen molar-refractivity contribution in [2.45, 2.75) is 85.8 Å². The maximum absolute atomic E-state index is 14.3. The Hall–Kier alpha value is -2.41. The van der Waals surface area contributed by atoms with Gasteiger partial charge in [0.05, 0.1) is 11.2 Å². The first-order valence-corrected chi connectivity index (χ1v) is 17.8. The summed E-state index contributed by atoms with van der Waals surface area (Å²) in [6.45, 7) is 4.15. The molecule has 3 aliphatic rings. The van der Waals surface area contributed by atoms with E-state index in [4.69, 9.17) is 3.63 Å². The molecule has 2 unspecified atom stereocenters. The van der Waals surface area contributed by atoms with E-state index in [-0.39, 0.29) is 22.9 Å². The predicted molar refractivity (Wildman–Crippen MR) is 161 cm³/mol. The van der Waals surface area contributed by atoms with Crippen LogP contribution in [-0.2, 0) is 18.5 Å². The second-order valence-electron chi connectivity index (χ2n) is 12.5. The summed E-state index contributed by atoms with van der Waals surface area (Å²) in [7, 11) is -6.78. The lowest BCUT2D eigenvalue weighted by molar-refractivity contribution is -0.128. The molecule has 0 aliphatic heterocycles. The third kappa shape index (κ3) is 4.56. The van der Waals surface area contributed by atoms with E-state index in [1.54, 1.807) is 0 Å². The number of carbonyl (C=O) groups excluding carboxylic acids is 1. The Morgan fingerprint density at radius 1 is 0.750 bits per heavy atom. The van der Waals surface area contributed by atoms with Crippen molar-refractivity contribution in [2.75, 3.05) is 5.75 Å². The fraction of sp³-hybridized carbons (Fsp3) is 0.441. The lowest BCUT2D eigenvalue weighted by Crippen LogP contribution is -2.42. The Morgan fingerprint density at radius 2 is 1.30 bits per heavy atom. The second kappa shape index (κ2) is 10.5. The van der Waals surface area contributed by atoms with Gasteiger partial charge in [0.1, 0.15) is 5.78 Å². The van der Waals surface area contributed by atoms with Crippen LogP contribution in [0, 0.1) is 16.7 Å². The molecule has 0 spiro atoms. The predicted octanol–water partition coefficient (Wildman–Crippen LogP) is 8.67. The van der Waals surface area contributed by atoms with Gasteiger partial charge in [-0.1, -0.05) is 81.6 Å². The van der Waals surface area contributed by atoms with Crippen LogP contribution in [0.5, 0.6) is 0 Å². The van der Waals surface area contributed by atoms with E-state index in [2.05, 4.69) is 38.1 Å². The fourth-order valence-electron chi connectivity index (χ4n) is 7.71. The highest BCUT2D eigenvalue weighted by atomic mass is 32.3. The van der Waals surface area contributed by atoms with Gasteiger partial charge in [-0.25, -0.2) is 3.63 Å². The molecule has 40 heavy (non-hydrogen) atoms. The molecule has 3 aromatic rings. The molecule has 3 fully saturated rings. The standard InChI is InChI=1S/C34H40O4S2/c1-33(2)28-22-23-34(33,32(35)24-28)25-39(36,37)38-40(29-14-8-4-9-15-29,30-16-10-5-11-17-30)31-20-18-27(19-21-31)26-12-6-3-7-13-26/h4-5,8-11,14-21,26,28H,3,6-7,12-13,22-25H2,1-2H3. The molecule has 3 saturated carbocycles. The van der Waals surface area contributed by atoms with Crippen molar-refractivity contribution in [3.05, 3.63) is 90.5 Å². The van der Waals surface area contributed by atoms with Gasteiger partial charge in [0, 0.05) is 21.1 Å². The molecule has 3 aliphatic carbocycles. The van der Waals surface area contributed by atoms with E-state index in [1.165, 1.54) is 37.7 Å². The number of hydrogen-bond acceptors (Lipinski definition) is 4. The molecule has 3 aromatic carbocycles. The van der Waals surface area contributed by atoms with Crippen LogP contribution in [0.2, 0.25) is 0 Å². The van der Waals surface area contributed by atoms with E-state index >= 15 is 0 Å². The van der Waals surface area contributed by atoms with Gasteiger partial charge in [-0.2, -0.15) is 8.42 Å². The van der Waals surface area contributed by atoms with Crippen LogP contribution in [0.15, 0.2) is 99.6 Å². The fourth-order valence-corrected chi connectivity index (χ4v) is 13.8. The van der Waals surface area contributed by atoms with Crippen molar-refractivity contribution in [3.8, 4) is 0 Å². The lowest BCUT2D eigenvalue weighted by Gasteiger charge is -2.41. The maximum atomic E-state index is 14.3. The maximum Gasteiger partial charge on any atom is 0.278 e. The Morgan fingerprint density at radius 3 is 1.80 bits per heavy atom. The summed E-state index contributed by atoms with van der Waals surface area (Å²) in [4.78, 5) is 15.8. The van der Waals surface area contributed by atoms with Gasteiger partial charge in [-0.3, -0.25) is 4.79 Å². The van der Waals surface area contributed by atoms with Crippen LogP contribution in [0.4, 0.5) is 0 Å². The van der Waals surface area contributed by atoms with Crippen molar-refractivity contribution in [3.63, 3.8) is 0 Å². The smallest absolute Gasteiger partial charge is 0.278 e. The molecule has 0 heterocycles. The van der Waals surface area contributed by atoms with Gasteiger partial charge in [-0.05, 0) is 95.2 Å². The summed E-state index contributed by atoms with van der Waals surface area (Å²) < 4.78 is 35.2. The quantitative estimate of drug-likeness (QED) is 0.269. The molecule has 6 heteroatoms. The van der Waals surface area contributed by atoms with Crippen molar-refractivity contribution < 1.29 is 16.8 Å². The molecular formula is C34H40O4S2. The molecule has 6 rings (SSSR count). The molecule has 212 valence electrons. The monoisotopic (exact) mass is 576 g/mol. The van der Waals surface area contributed by atoms with Crippen LogP contribution in [0.1, 0.15) is 76.7 Å². The summed E-state index contributed by atoms with van der Waals surface area (Å²) in [5, 5.41) is 0. The second-order valence-corrected chi connectivity index (χ2v) is 17.0. The van der Waals surface area contributed by atoms with Gasteiger partial charge in [0.2, 0.25) is 0 Å². The van der Waals surface area contributed by atoms with Crippen LogP contribution >= 0.6 is 10.3 Å². The third-order valence-electron chi connectivity index (χ3n) is 10.2. The van der Waals surface area contributed by atoms with Crippen molar-refractivity contribution >= 4 is 26.2 Å². The van der Waals surface area contributed by atoms with Gasteiger partial charge >= 0.3 is 0 Å². The summed E-state index contributed by atoms with van der Waals surface area (Å²) in [6.07, 6.45) is 8.20. The van der Waals surface area contributed by atoms with E-state index < -0.39 is 25.8 Å². The molecule has 0 aromatic heterocycles.